The number of hydrogen-bond donors (Lipinski definition) is 1. The Bertz CT molecular complexity index is 507. The first-order valence-electron chi connectivity index (χ1n) is 7.20. The Morgan fingerprint density at radius 3 is 2.90 bits per heavy atom. The van der Waals surface area contributed by atoms with Gasteiger partial charge in [-0.3, -0.25) is 4.79 Å². The van der Waals surface area contributed by atoms with Crippen molar-refractivity contribution in [2.75, 3.05) is 6.61 Å². The smallest absolute Gasteiger partial charge is 0.307 e. The quantitative estimate of drug-likeness (QED) is 0.914. The molecule has 0 aromatic carbocycles. The minimum atomic E-state index is -0.776. The highest BCUT2D eigenvalue weighted by molar-refractivity contribution is 5.71. The molecule has 2 heterocycles. The third kappa shape index (κ3) is 2.22. The molecule has 4 unspecified atom stereocenters. The van der Waals surface area contributed by atoms with Gasteiger partial charge < -0.3 is 14.4 Å². The van der Waals surface area contributed by atoms with Crippen LogP contribution in [0.4, 0.5) is 0 Å². The first-order chi connectivity index (χ1) is 9.49. The van der Waals surface area contributed by atoms with Crippen LogP contribution < -0.4 is 0 Å². The topological polar surface area (TPSA) is 85.5 Å². The fraction of sp³-hybridized carbons (Fsp3) is 0.786. The molecule has 20 heavy (non-hydrogen) atoms. The largest absolute Gasteiger partial charge is 0.481 e. The summed E-state index contributed by atoms with van der Waals surface area (Å²) in [7, 11) is 0. The van der Waals surface area contributed by atoms with Crippen LogP contribution in [-0.4, -0.2) is 27.8 Å². The molecule has 0 amide bonds. The summed E-state index contributed by atoms with van der Waals surface area (Å²) in [6, 6.07) is 0. The molecule has 110 valence electrons. The monoisotopic (exact) mass is 280 g/mol. The number of carbonyl (C=O) groups is 1. The standard InChI is InChI=1S/C14H20N2O4/c1-8-6-9(10(7-8)12(17)18)11-15-13(16-20-11)14(2)4-3-5-19-14/h8-10H,3-7H2,1-2H3,(H,17,18). The van der Waals surface area contributed by atoms with E-state index in [4.69, 9.17) is 9.26 Å². The van der Waals surface area contributed by atoms with Gasteiger partial charge in [0.25, 0.3) is 0 Å². The van der Waals surface area contributed by atoms with E-state index in [9.17, 15) is 9.90 Å². The minimum absolute atomic E-state index is 0.172. The van der Waals surface area contributed by atoms with E-state index in [0.29, 0.717) is 30.7 Å². The summed E-state index contributed by atoms with van der Waals surface area (Å²) in [5, 5.41) is 13.3. The van der Waals surface area contributed by atoms with Crippen LogP contribution >= 0.6 is 0 Å². The van der Waals surface area contributed by atoms with Gasteiger partial charge in [-0.15, -0.1) is 0 Å². The first kappa shape index (κ1) is 13.5. The van der Waals surface area contributed by atoms with E-state index in [2.05, 4.69) is 17.1 Å². The molecule has 0 radical (unpaired) electrons. The number of ether oxygens (including phenoxy) is 1. The zero-order valence-corrected chi connectivity index (χ0v) is 11.8. The number of aromatic nitrogens is 2. The summed E-state index contributed by atoms with van der Waals surface area (Å²) < 4.78 is 11.0. The van der Waals surface area contributed by atoms with Gasteiger partial charge in [0.15, 0.2) is 0 Å². The second kappa shape index (κ2) is 4.84. The van der Waals surface area contributed by atoms with Crippen LogP contribution in [0.15, 0.2) is 4.52 Å². The summed E-state index contributed by atoms with van der Waals surface area (Å²) in [4.78, 5) is 15.8. The van der Waals surface area contributed by atoms with Gasteiger partial charge in [-0.25, -0.2) is 0 Å². The Balaban J connectivity index is 1.84. The van der Waals surface area contributed by atoms with Crippen molar-refractivity contribution in [1.82, 2.24) is 10.1 Å². The SMILES string of the molecule is CC1CC(C(=O)O)C(c2nc(C3(C)CCCO3)no2)C1. The Morgan fingerprint density at radius 1 is 1.45 bits per heavy atom. The molecule has 3 rings (SSSR count). The Morgan fingerprint density at radius 2 is 2.25 bits per heavy atom. The van der Waals surface area contributed by atoms with Crippen molar-refractivity contribution in [3.63, 3.8) is 0 Å². The predicted molar refractivity (Wildman–Crippen MR) is 69.1 cm³/mol. The molecule has 1 N–H and O–H groups in total. The fourth-order valence-corrected chi connectivity index (χ4v) is 3.39. The molecule has 6 nitrogen and oxygen atoms in total. The molecule has 6 heteroatoms. The van der Waals surface area contributed by atoms with E-state index in [-0.39, 0.29) is 5.92 Å². The maximum absolute atomic E-state index is 11.3. The van der Waals surface area contributed by atoms with E-state index in [1.165, 1.54) is 0 Å². The maximum atomic E-state index is 11.3. The first-order valence-corrected chi connectivity index (χ1v) is 7.20. The van der Waals surface area contributed by atoms with E-state index < -0.39 is 17.5 Å². The third-order valence-corrected chi connectivity index (χ3v) is 4.57. The molecule has 1 aromatic heterocycles. The fourth-order valence-electron chi connectivity index (χ4n) is 3.39. The van der Waals surface area contributed by atoms with Gasteiger partial charge in [0.1, 0.15) is 5.60 Å². The zero-order chi connectivity index (χ0) is 14.3. The molecule has 0 spiro atoms. The van der Waals surface area contributed by atoms with E-state index >= 15 is 0 Å². The highest BCUT2D eigenvalue weighted by Crippen LogP contribution is 2.43. The van der Waals surface area contributed by atoms with Crippen molar-refractivity contribution >= 4 is 5.97 Å². The second-order valence-electron chi connectivity index (χ2n) is 6.27. The summed E-state index contributed by atoms with van der Waals surface area (Å²) in [6.07, 6.45) is 3.32. The van der Waals surface area contributed by atoms with Crippen LogP contribution in [0.5, 0.6) is 0 Å². The Labute approximate surface area is 117 Å². The van der Waals surface area contributed by atoms with Gasteiger partial charge in [-0.05, 0) is 38.5 Å². The normalized spacial score (nSPS) is 37.4. The number of nitrogens with zero attached hydrogens (tertiary/aromatic N) is 2. The lowest BCUT2D eigenvalue weighted by Crippen LogP contribution is -2.22. The van der Waals surface area contributed by atoms with Gasteiger partial charge in [-0.2, -0.15) is 4.98 Å². The van der Waals surface area contributed by atoms with Crippen molar-refractivity contribution in [2.45, 2.75) is 51.0 Å². The van der Waals surface area contributed by atoms with E-state index in [1.54, 1.807) is 0 Å². The molecule has 1 aliphatic carbocycles. The molecule has 1 aliphatic heterocycles. The van der Waals surface area contributed by atoms with E-state index in [0.717, 1.165) is 19.3 Å². The van der Waals surface area contributed by atoms with Crippen molar-refractivity contribution < 1.29 is 19.2 Å². The van der Waals surface area contributed by atoms with Crippen molar-refractivity contribution in [3.8, 4) is 0 Å². The Kier molecular flexibility index (Phi) is 3.28. The molecule has 0 bridgehead atoms. The van der Waals surface area contributed by atoms with Gasteiger partial charge in [-0.1, -0.05) is 12.1 Å². The van der Waals surface area contributed by atoms with Gasteiger partial charge >= 0.3 is 5.97 Å². The number of aliphatic carboxylic acids is 1. The van der Waals surface area contributed by atoms with Crippen LogP contribution in [0.3, 0.4) is 0 Å². The number of rotatable bonds is 3. The highest BCUT2D eigenvalue weighted by atomic mass is 16.5. The minimum Gasteiger partial charge on any atom is -0.481 e. The van der Waals surface area contributed by atoms with Gasteiger partial charge in [0, 0.05) is 6.61 Å². The molecule has 2 aliphatic rings. The lowest BCUT2D eigenvalue weighted by molar-refractivity contribution is -0.142. The zero-order valence-electron chi connectivity index (χ0n) is 11.8. The maximum Gasteiger partial charge on any atom is 0.307 e. The van der Waals surface area contributed by atoms with Crippen molar-refractivity contribution in [2.24, 2.45) is 11.8 Å². The van der Waals surface area contributed by atoms with Gasteiger partial charge in [0.2, 0.25) is 11.7 Å². The number of carboxylic acid groups (broad SMARTS) is 1. The average Bonchev–Trinajstić information content (AvgIpc) is 3.06. The predicted octanol–water partition coefficient (Wildman–Crippen LogP) is 2.31. The molecule has 1 saturated carbocycles. The highest BCUT2D eigenvalue weighted by Gasteiger charge is 2.43. The van der Waals surface area contributed by atoms with Crippen LogP contribution in [-0.2, 0) is 15.1 Å². The summed E-state index contributed by atoms with van der Waals surface area (Å²) >= 11 is 0. The van der Waals surface area contributed by atoms with Crippen LogP contribution in [0.1, 0.15) is 57.2 Å². The number of carboxylic acids is 1. The molecule has 4 atom stereocenters. The second-order valence-corrected chi connectivity index (χ2v) is 6.27. The third-order valence-electron chi connectivity index (χ3n) is 4.57. The van der Waals surface area contributed by atoms with E-state index in [1.807, 2.05) is 6.92 Å². The average molecular weight is 280 g/mol. The van der Waals surface area contributed by atoms with Crippen molar-refractivity contribution in [1.29, 1.82) is 0 Å². The molecule has 1 saturated heterocycles. The lowest BCUT2D eigenvalue weighted by Gasteiger charge is -2.17. The van der Waals surface area contributed by atoms with Crippen molar-refractivity contribution in [3.05, 3.63) is 11.7 Å². The summed E-state index contributed by atoms with van der Waals surface area (Å²) in [5.41, 5.74) is -0.481. The summed E-state index contributed by atoms with van der Waals surface area (Å²) in [6.45, 7) is 4.73. The molecule has 2 fully saturated rings. The van der Waals surface area contributed by atoms with Gasteiger partial charge in [0.05, 0.1) is 11.8 Å². The molecular formula is C14H20N2O4. The summed E-state index contributed by atoms with van der Waals surface area (Å²) in [5.74, 6) is 0.00344. The lowest BCUT2D eigenvalue weighted by atomic mass is 9.96. The molecular weight excluding hydrogens is 260 g/mol. The van der Waals surface area contributed by atoms with Crippen LogP contribution in [0.25, 0.3) is 0 Å². The number of hydrogen-bond acceptors (Lipinski definition) is 5. The van der Waals surface area contributed by atoms with Crippen LogP contribution in [0, 0.1) is 11.8 Å². The Hall–Kier alpha value is -1.43. The molecule has 1 aromatic rings. The van der Waals surface area contributed by atoms with Crippen LogP contribution in [0.2, 0.25) is 0 Å².